The molecule has 0 spiro atoms. The number of rotatable bonds is 7. The Kier molecular flexibility index (Phi) is 5.74. The maximum Gasteiger partial charge on any atom is 0.305 e. The first kappa shape index (κ1) is 17.5. The van der Waals surface area contributed by atoms with Crippen molar-refractivity contribution in [2.45, 2.75) is 51.4 Å². The van der Waals surface area contributed by atoms with E-state index < -0.39 is 0 Å². The minimum absolute atomic E-state index is 0.0304. The van der Waals surface area contributed by atoms with Crippen molar-refractivity contribution >= 4 is 22.8 Å². The number of esters is 1. The zero-order valence-corrected chi connectivity index (χ0v) is 14.8. The second-order valence-corrected chi connectivity index (χ2v) is 6.66. The van der Waals surface area contributed by atoms with Gasteiger partial charge in [-0.25, -0.2) is 0 Å². The lowest BCUT2D eigenvalue weighted by atomic mass is 9.95. The lowest BCUT2D eigenvalue weighted by molar-refractivity contribution is -0.140. The first-order valence-electron chi connectivity index (χ1n) is 9.18. The SMILES string of the molecule is COC(=O)CCCCCNC(=O)c1cccc2c3c([nH]c12)CCCC3. The number of carbonyl (C=O) groups excluding carboxylic acids is 2. The number of fused-ring (bicyclic) bond motifs is 3. The van der Waals surface area contributed by atoms with Gasteiger partial charge < -0.3 is 15.0 Å². The van der Waals surface area contributed by atoms with Crippen molar-refractivity contribution < 1.29 is 14.3 Å². The molecule has 134 valence electrons. The molecule has 25 heavy (non-hydrogen) atoms. The average Bonchev–Trinajstić information content (AvgIpc) is 3.02. The molecule has 1 aromatic carbocycles. The standard InChI is InChI=1S/C20H26N2O3/c1-25-18(23)12-3-2-6-13-21-20(24)16-10-7-9-15-14-8-4-5-11-17(14)22-19(15)16/h7,9-10,22H,2-6,8,11-13H2,1H3,(H,21,24). The van der Waals surface area contributed by atoms with Crippen LogP contribution in [0.5, 0.6) is 0 Å². The number of para-hydroxylation sites is 1. The van der Waals surface area contributed by atoms with Crippen LogP contribution < -0.4 is 5.32 Å². The van der Waals surface area contributed by atoms with Crippen LogP contribution in [0.4, 0.5) is 0 Å². The number of aryl methyl sites for hydroxylation is 2. The molecule has 0 aliphatic heterocycles. The fourth-order valence-electron chi connectivity index (χ4n) is 3.59. The molecule has 5 heteroatoms. The maximum absolute atomic E-state index is 12.6. The van der Waals surface area contributed by atoms with Gasteiger partial charge in [0.1, 0.15) is 0 Å². The molecule has 1 aliphatic rings. The minimum atomic E-state index is -0.175. The molecule has 0 saturated carbocycles. The minimum Gasteiger partial charge on any atom is -0.469 e. The number of aromatic nitrogens is 1. The highest BCUT2D eigenvalue weighted by Gasteiger charge is 2.19. The van der Waals surface area contributed by atoms with E-state index in [-0.39, 0.29) is 11.9 Å². The van der Waals surface area contributed by atoms with E-state index in [1.807, 2.05) is 12.1 Å². The van der Waals surface area contributed by atoms with Crippen LogP contribution in [0, 0.1) is 0 Å². The summed E-state index contributed by atoms with van der Waals surface area (Å²) in [6.07, 6.45) is 7.61. The van der Waals surface area contributed by atoms with E-state index in [9.17, 15) is 9.59 Å². The smallest absolute Gasteiger partial charge is 0.305 e. The lowest BCUT2D eigenvalue weighted by Crippen LogP contribution is -2.24. The summed E-state index contributed by atoms with van der Waals surface area (Å²) in [4.78, 5) is 27.1. The monoisotopic (exact) mass is 342 g/mol. The molecule has 5 nitrogen and oxygen atoms in total. The van der Waals surface area contributed by atoms with E-state index in [0.29, 0.717) is 13.0 Å². The Labute approximate surface area is 148 Å². The highest BCUT2D eigenvalue weighted by molar-refractivity contribution is 6.06. The predicted octanol–water partition coefficient (Wildman–Crippen LogP) is 3.51. The summed E-state index contributed by atoms with van der Waals surface area (Å²) >= 11 is 0. The van der Waals surface area contributed by atoms with Crippen molar-refractivity contribution in [2.24, 2.45) is 0 Å². The number of benzene rings is 1. The number of amides is 1. The molecule has 1 aromatic heterocycles. The van der Waals surface area contributed by atoms with Crippen molar-refractivity contribution in [3.63, 3.8) is 0 Å². The highest BCUT2D eigenvalue weighted by atomic mass is 16.5. The fraction of sp³-hybridized carbons (Fsp3) is 0.500. The second kappa shape index (κ2) is 8.19. The molecule has 0 fully saturated rings. The van der Waals surface area contributed by atoms with Crippen LogP contribution in [0.15, 0.2) is 18.2 Å². The summed E-state index contributed by atoms with van der Waals surface area (Å²) in [5, 5.41) is 4.19. The first-order chi connectivity index (χ1) is 12.2. The van der Waals surface area contributed by atoms with Crippen molar-refractivity contribution in [1.29, 1.82) is 0 Å². The molecule has 0 bridgehead atoms. The third-order valence-corrected chi connectivity index (χ3v) is 4.95. The molecule has 2 N–H and O–H groups in total. The van der Waals surface area contributed by atoms with Gasteiger partial charge in [-0.15, -0.1) is 0 Å². The molecule has 0 unspecified atom stereocenters. The van der Waals surface area contributed by atoms with Crippen molar-refractivity contribution in [3.8, 4) is 0 Å². The molecule has 0 saturated heterocycles. The number of ether oxygens (including phenoxy) is 1. The summed E-state index contributed by atoms with van der Waals surface area (Å²) in [6, 6.07) is 5.97. The topological polar surface area (TPSA) is 71.2 Å². The van der Waals surface area contributed by atoms with Crippen LogP contribution in [0.2, 0.25) is 0 Å². The van der Waals surface area contributed by atoms with Gasteiger partial charge in [0.25, 0.3) is 5.91 Å². The first-order valence-corrected chi connectivity index (χ1v) is 9.18. The summed E-state index contributed by atoms with van der Waals surface area (Å²) in [6.45, 7) is 0.622. The molecule has 1 amide bonds. The highest BCUT2D eigenvalue weighted by Crippen LogP contribution is 2.30. The molecule has 0 radical (unpaired) electrons. The summed E-state index contributed by atoms with van der Waals surface area (Å²) in [5.74, 6) is -0.205. The Bertz CT molecular complexity index is 764. The van der Waals surface area contributed by atoms with Gasteiger partial charge in [-0.2, -0.15) is 0 Å². The predicted molar refractivity (Wildman–Crippen MR) is 97.8 cm³/mol. The third kappa shape index (κ3) is 4.03. The zero-order valence-electron chi connectivity index (χ0n) is 14.8. The lowest BCUT2D eigenvalue weighted by Gasteiger charge is -2.10. The summed E-state index contributed by atoms with van der Waals surface area (Å²) < 4.78 is 4.62. The van der Waals surface area contributed by atoms with Gasteiger partial charge in [-0.3, -0.25) is 9.59 Å². The number of carbonyl (C=O) groups is 2. The van der Waals surface area contributed by atoms with Gasteiger partial charge in [0.2, 0.25) is 0 Å². The Morgan fingerprint density at radius 1 is 1.16 bits per heavy atom. The van der Waals surface area contributed by atoms with E-state index in [1.54, 1.807) is 0 Å². The average molecular weight is 342 g/mol. The van der Waals surface area contributed by atoms with Gasteiger partial charge in [0, 0.05) is 24.0 Å². The van der Waals surface area contributed by atoms with E-state index in [2.05, 4.69) is 21.1 Å². The Hall–Kier alpha value is -2.30. The van der Waals surface area contributed by atoms with E-state index >= 15 is 0 Å². The van der Waals surface area contributed by atoms with E-state index in [4.69, 9.17) is 0 Å². The molecule has 3 rings (SSSR count). The number of aromatic amines is 1. The number of hydrogen-bond donors (Lipinski definition) is 2. The fourth-order valence-corrected chi connectivity index (χ4v) is 3.59. The molecular formula is C20H26N2O3. The molecular weight excluding hydrogens is 316 g/mol. The van der Waals surface area contributed by atoms with Crippen LogP contribution >= 0.6 is 0 Å². The van der Waals surface area contributed by atoms with Crippen molar-refractivity contribution in [2.75, 3.05) is 13.7 Å². The summed E-state index contributed by atoms with van der Waals surface area (Å²) in [7, 11) is 1.40. The van der Waals surface area contributed by atoms with Gasteiger partial charge in [-0.1, -0.05) is 18.6 Å². The molecule has 1 aliphatic carbocycles. The Morgan fingerprint density at radius 2 is 2.00 bits per heavy atom. The Morgan fingerprint density at radius 3 is 2.84 bits per heavy atom. The van der Waals surface area contributed by atoms with E-state index in [0.717, 1.165) is 43.2 Å². The third-order valence-electron chi connectivity index (χ3n) is 4.95. The number of unbranched alkanes of at least 4 members (excludes halogenated alkanes) is 2. The normalized spacial score (nSPS) is 13.5. The number of H-pyrrole nitrogens is 1. The van der Waals surface area contributed by atoms with Crippen molar-refractivity contribution in [3.05, 3.63) is 35.0 Å². The second-order valence-electron chi connectivity index (χ2n) is 6.66. The van der Waals surface area contributed by atoms with Crippen LogP contribution in [-0.2, 0) is 22.4 Å². The van der Waals surface area contributed by atoms with Crippen LogP contribution in [-0.4, -0.2) is 30.5 Å². The number of hydrogen-bond acceptors (Lipinski definition) is 3. The molecule has 1 heterocycles. The quantitative estimate of drug-likeness (QED) is 0.597. The van der Waals surface area contributed by atoms with Gasteiger partial charge in [0.15, 0.2) is 0 Å². The van der Waals surface area contributed by atoms with Crippen molar-refractivity contribution in [1.82, 2.24) is 10.3 Å². The maximum atomic E-state index is 12.6. The molecule has 2 aromatic rings. The van der Waals surface area contributed by atoms with E-state index in [1.165, 1.54) is 36.6 Å². The van der Waals surface area contributed by atoms with Crippen LogP contribution in [0.3, 0.4) is 0 Å². The largest absolute Gasteiger partial charge is 0.469 e. The number of nitrogens with one attached hydrogen (secondary N) is 2. The molecule has 0 atom stereocenters. The van der Waals surface area contributed by atoms with Crippen LogP contribution in [0.25, 0.3) is 10.9 Å². The summed E-state index contributed by atoms with van der Waals surface area (Å²) in [5.41, 5.74) is 4.38. The van der Waals surface area contributed by atoms with Gasteiger partial charge in [0.05, 0.1) is 18.2 Å². The zero-order chi connectivity index (χ0) is 17.6. The van der Waals surface area contributed by atoms with Crippen LogP contribution in [0.1, 0.15) is 60.1 Å². The van der Waals surface area contributed by atoms with Gasteiger partial charge >= 0.3 is 5.97 Å². The van der Waals surface area contributed by atoms with Gasteiger partial charge in [-0.05, 0) is 50.2 Å². The Balaban J connectivity index is 1.57. The number of methoxy groups -OCH3 is 1.